The van der Waals surface area contributed by atoms with Crippen molar-refractivity contribution in [2.75, 3.05) is 19.6 Å². The van der Waals surface area contributed by atoms with Gasteiger partial charge in [0.25, 0.3) is 5.91 Å². The van der Waals surface area contributed by atoms with Gasteiger partial charge in [-0.1, -0.05) is 12.5 Å². The van der Waals surface area contributed by atoms with Crippen molar-refractivity contribution in [3.05, 3.63) is 52.5 Å². The van der Waals surface area contributed by atoms with Crippen LogP contribution in [0.2, 0.25) is 0 Å². The third-order valence-corrected chi connectivity index (χ3v) is 4.82. The Morgan fingerprint density at radius 2 is 2.18 bits per heavy atom. The molecule has 1 amide bonds. The molecule has 3 rings (SSSR count). The lowest BCUT2D eigenvalue weighted by Gasteiger charge is -2.34. The summed E-state index contributed by atoms with van der Waals surface area (Å²) < 4.78 is 0. The van der Waals surface area contributed by atoms with E-state index in [1.54, 1.807) is 17.5 Å². The van der Waals surface area contributed by atoms with Crippen LogP contribution in [0.15, 0.2) is 41.4 Å². The first-order valence-corrected chi connectivity index (χ1v) is 8.73. The smallest absolute Gasteiger partial charge is 0.252 e. The SMILES string of the molecule is O=C(NC[C@H](c1cccnc1)N1CCCCC1)c1ccsc1. The number of carbonyl (C=O) groups excluding carboxylic acids is 1. The summed E-state index contributed by atoms with van der Waals surface area (Å²) in [5.41, 5.74) is 1.92. The lowest BCUT2D eigenvalue weighted by molar-refractivity contribution is 0.0925. The van der Waals surface area contributed by atoms with E-state index in [1.165, 1.54) is 24.8 Å². The maximum Gasteiger partial charge on any atom is 0.252 e. The molecule has 2 aromatic heterocycles. The van der Waals surface area contributed by atoms with E-state index in [4.69, 9.17) is 0 Å². The predicted octanol–water partition coefficient (Wildman–Crippen LogP) is 3.10. The number of thiophene rings is 1. The van der Waals surface area contributed by atoms with Crippen LogP contribution in [0.1, 0.15) is 41.2 Å². The molecule has 0 bridgehead atoms. The summed E-state index contributed by atoms with van der Waals surface area (Å²) in [6.45, 7) is 2.81. The summed E-state index contributed by atoms with van der Waals surface area (Å²) in [7, 11) is 0. The molecule has 0 aromatic carbocycles. The van der Waals surface area contributed by atoms with Crippen molar-refractivity contribution in [3.63, 3.8) is 0 Å². The number of nitrogens with zero attached hydrogens (tertiary/aromatic N) is 2. The Morgan fingerprint density at radius 3 is 2.86 bits per heavy atom. The van der Waals surface area contributed by atoms with Crippen LogP contribution in [0.3, 0.4) is 0 Å². The minimum Gasteiger partial charge on any atom is -0.350 e. The number of piperidine rings is 1. The lowest BCUT2D eigenvalue weighted by Crippen LogP contribution is -2.40. The van der Waals surface area contributed by atoms with Crippen LogP contribution >= 0.6 is 11.3 Å². The van der Waals surface area contributed by atoms with Gasteiger partial charge >= 0.3 is 0 Å². The first-order chi connectivity index (χ1) is 10.8. The van der Waals surface area contributed by atoms with Crippen LogP contribution in [0.5, 0.6) is 0 Å². The standard InChI is InChI=1S/C17H21N3OS/c21-17(15-6-10-22-13-15)19-12-16(14-5-4-7-18-11-14)20-8-2-1-3-9-20/h4-7,10-11,13,16H,1-3,8-9,12H2,(H,19,21)/t16-/m1/s1. The molecule has 0 saturated carbocycles. The number of carbonyl (C=O) groups is 1. The van der Waals surface area contributed by atoms with E-state index in [0.29, 0.717) is 6.54 Å². The molecule has 1 fully saturated rings. The van der Waals surface area contributed by atoms with Gasteiger partial charge in [0.05, 0.1) is 6.04 Å². The van der Waals surface area contributed by atoms with E-state index in [2.05, 4.69) is 21.3 Å². The van der Waals surface area contributed by atoms with Gasteiger partial charge in [0.1, 0.15) is 0 Å². The number of hydrogen-bond acceptors (Lipinski definition) is 4. The summed E-state index contributed by atoms with van der Waals surface area (Å²) >= 11 is 1.55. The quantitative estimate of drug-likeness (QED) is 0.922. The number of nitrogens with one attached hydrogen (secondary N) is 1. The molecular formula is C17H21N3OS. The Labute approximate surface area is 135 Å². The summed E-state index contributed by atoms with van der Waals surface area (Å²) in [5.74, 6) is 0.00662. The van der Waals surface area contributed by atoms with Crippen LogP contribution in [-0.2, 0) is 0 Å². The van der Waals surface area contributed by atoms with Gasteiger partial charge in [-0.3, -0.25) is 14.7 Å². The molecule has 1 N–H and O–H groups in total. The summed E-state index contributed by atoms with van der Waals surface area (Å²) in [6, 6.07) is 6.13. The van der Waals surface area contributed by atoms with Crippen LogP contribution < -0.4 is 5.32 Å². The molecule has 1 aliphatic rings. The van der Waals surface area contributed by atoms with E-state index in [9.17, 15) is 4.79 Å². The Hall–Kier alpha value is -1.72. The average molecular weight is 315 g/mol. The fraction of sp³-hybridized carbons (Fsp3) is 0.412. The van der Waals surface area contributed by atoms with Crippen molar-refractivity contribution in [2.45, 2.75) is 25.3 Å². The zero-order valence-electron chi connectivity index (χ0n) is 12.6. The van der Waals surface area contributed by atoms with Crippen LogP contribution in [0.25, 0.3) is 0 Å². The van der Waals surface area contributed by atoms with Gasteiger partial charge < -0.3 is 5.32 Å². The number of pyridine rings is 1. The molecule has 4 nitrogen and oxygen atoms in total. The number of amides is 1. The molecule has 2 aromatic rings. The zero-order valence-corrected chi connectivity index (χ0v) is 13.4. The fourth-order valence-electron chi connectivity index (χ4n) is 2.95. The van der Waals surface area contributed by atoms with Gasteiger partial charge in [-0.25, -0.2) is 0 Å². The normalized spacial score (nSPS) is 17.1. The molecule has 0 unspecified atom stereocenters. The molecule has 0 aliphatic carbocycles. The van der Waals surface area contributed by atoms with Crippen LogP contribution in [-0.4, -0.2) is 35.4 Å². The third-order valence-electron chi connectivity index (χ3n) is 4.14. The number of likely N-dealkylation sites (tertiary alicyclic amines) is 1. The van der Waals surface area contributed by atoms with Crippen molar-refractivity contribution in [3.8, 4) is 0 Å². The molecule has 1 aliphatic heterocycles. The third kappa shape index (κ3) is 3.72. The Morgan fingerprint density at radius 1 is 1.32 bits per heavy atom. The largest absolute Gasteiger partial charge is 0.350 e. The highest BCUT2D eigenvalue weighted by atomic mass is 32.1. The Bertz CT molecular complexity index is 579. The van der Waals surface area contributed by atoms with Crippen molar-refractivity contribution in [1.82, 2.24) is 15.2 Å². The van der Waals surface area contributed by atoms with Crippen LogP contribution in [0, 0.1) is 0 Å². The van der Waals surface area contributed by atoms with E-state index >= 15 is 0 Å². The zero-order chi connectivity index (χ0) is 15.2. The van der Waals surface area contributed by atoms with Crippen molar-refractivity contribution in [2.24, 2.45) is 0 Å². The summed E-state index contributed by atoms with van der Waals surface area (Å²) in [5, 5.41) is 6.89. The molecule has 1 atom stereocenters. The highest BCUT2D eigenvalue weighted by Crippen LogP contribution is 2.23. The minimum absolute atomic E-state index is 0.00662. The van der Waals surface area contributed by atoms with Gasteiger partial charge in [0.15, 0.2) is 0 Å². The number of aromatic nitrogens is 1. The summed E-state index contributed by atoms with van der Waals surface area (Å²) in [4.78, 5) is 18.9. The molecule has 0 radical (unpaired) electrons. The minimum atomic E-state index is 0.00662. The van der Waals surface area contributed by atoms with E-state index in [1.807, 2.05) is 29.1 Å². The fourth-order valence-corrected chi connectivity index (χ4v) is 3.58. The molecular weight excluding hydrogens is 294 g/mol. The maximum atomic E-state index is 12.2. The molecule has 22 heavy (non-hydrogen) atoms. The van der Waals surface area contributed by atoms with Gasteiger partial charge in [-0.2, -0.15) is 11.3 Å². The second-order valence-electron chi connectivity index (χ2n) is 5.62. The first-order valence-electron chi connectivity index (χ1n) is 7.79. The Balaban J connectivity index is 1.69. The van der Waals surface area contributed by atoms with Crippen molar-refractivity contribution in [1.29, 1.82) is 0 Å². The molecule has 5 heteroatoms. The maximum absolute atomic E-state index is 12.2. The lowest BCUT2D eigenvalue weighted by atomic mass is 10.0. The number of hydrogen-bond donors (Lipinski definition) is 1. The molecule has 3 heterocycles. The predicted molar refractivity (Wildman–Crippen MR) is 89.1 cm³/mol. The molecule has 1 saturated heterocycles. The van der Waals surface area contributed by atoms with E-state index in [0.717, 1.165) is 18.7 Å². The molecule has 0 spiro atoms. The van der Waals surface area contributed by atoms with Crippen LogP contribution in [0.4, 0.5) is 0 Å². The van der Waals surface area contributed by atoms with E-state index in [-0.39, 0.29) is 11.9 Å². The van der Waals surface area contributed by atoms with Crippen molar-refractivity contribution < 1.29 is 4.79 Å². The summed E-state index contributed by atoms with van der Waals surface area (Å²) in [6.07, 6.45) is 7.47. The monoisotopic (exact) mass is 315 g/mol. The topological polar surface area (TPSA) is 45.2 Å². The van der Waals surface area contributed by atoms with Gasteiger partial charge in [-0.15, -0.1) is 0 Å². The van der Waals surface area contributed by atoms with Crippen molar-refractivity contribution >= 4 is 17.2 Å². The van der Waals surface area contributed by atoms with E-state index < -0.39 is 0 Å². The highest BCUT2D eigenvalue weighted by Gasteiger charge is 2.23. The highest BCUT2D eigenvalue weighted by molar-refractivity contribution is 7.08. The molecule has 116 valence electrons. The Kier molecular flexibility index (Phi) is 5.19. The second-order valence-corrected chi connectivity index (χ2v) is 6.40. The van der Waals surface area contributed by atoms with Gasteiger partial charge in [-0.05, 0) is 49.0 Å². The first kappa shape index (κ1) is 15.2. The van der Waals surface area contributed by atoms with Gasteiger partial charge in [0.2, 0.25) is 0 Å². The van der Waals surface area contributed by atoms with Gasteiger partial charge in [0, 0.05) is 29.9 Å². The number of rotatable bonds is 5. The second kappa shape index (κ2) is 7.51. The average Bonchev–Trinajstić information content (AvgIpc) is 3.11.